The van der Waals surface area contributed by atoms with Gasteiger partial charge in [-0.25, -0.2) is 14.7 Å². The summed E-state index contributed by atoms with van der Waals surface area (Å²) in [6.07, 6.45) is -0.342. The van der Waals surface area contributed by atoms with Crippen LogP contribution in [0.25, 0.3) is 5.69 Å². The van der Waals surface area contributed by atoms with Crippen LogP contribution < -0.4 is 10.6 Å². The summed E-state index contributed by atoms with van der Waals surface area (Å²) < 4.78 is 39.6. The van der Waals surface area contributed by atoms with Gasteiger partial charge in [0, 0.05) is 36.7 Å². The zero-order valence-corrected chi connectivity index (χ0v) is 19.3. The lowest BCUT2D eigenvalue weighted by atomic mass is 10.3. The fraction of sp³-hybridized carbons (Fsp3) is 0.316. The van der Waals surface area contributed by atoms with Gasteiger partial charge in [-0.2, -0.15) is 18.3 Å². The monoisotopic (exact) mass is 550 g/mol. The predicted molar refractivity (Wildman–Crippen MR) is 123 cm³/mol. The Morgan fingerprint density at radius 1 is 1.20 bits per heavy atom. The number of nitrogens with one attached hydrogen (secondary N) is 2. The Morgan fingerprint density at radius 2 is 1.97 bits per heavy atom. The Kier molecular flexibility index (Phi) is 9.08. The molecule has 2 aromatic heterocycles. The third-order valence-corrected chi connectivity index (χ3v) is 4.80. The number of aliphatic imine (C=N–C) groups is 1. The molecule has 0 atom stereocenters. The van der Waals surface area contributed by atoms with Gasteiger partial charge in [0.05, 0.1) is 23.4 Å². The predicted octanol–water partition coefficient (Wildman–Crippen LogP) is 4.26. The van der Waals surface area contributed by atoms with Gasteiger partial charge in [0.15, 0.2) is 11.7 Å². The summed E-state index contributed by atoms with van der Waals surface area (Å²) in [4.78, 5) is 8.14. The summed E-state index contributed by atoms with van der Waals surface area (Å²) in [5, 5.41) is 12.1. The maximum atomic E-state index is 12.6. The minimum atomic E-state index is -4.40. The number of hydrogen-bond acceptors (Lipinski definition) is 4. The topological polar surface area (TPSA) is 67.1 Å². The number of nitrogens with zero attached hydrogens (tertiary/aromatic N) is 4. The number of hydrogen-bond donors (Lipinski definition) is 2. The maximum Gasteiger partial charge on any atom is 0.434 e. The Balaban J connectivity index is 0.00000320. The van der Waals surface area contributed by atoms with Crippen LogP contribution in [0, 0.1) is 0 Å². The fourth-order valence-electron chi connectivity index (χ4n) is 2.52. The van der Waals surface area contributed by atoms with E-state index in [0.717, 1.165) is 28.0 Å². The van der Waals surface area contributed by atoms with E-state index in [-0.39, 0.29) is 24.0 Å². The van der Waals surface area contributed by atoms with Crippen LogP contribution in [0.2, 0.25) is 0 Å². The van der Waals surface area contributed by atoms with Gasteiger partial charge in [0.25, 0.3) is 0 Å². The highest BCUT2D eigenvalue weighted by Crippen LogP contribution is 2.29. The van der Waals surface area contributed by atoms with E-state index in [1.165, 1.54) is 0 Å². The number of aromatic nitrogens is 3. The zero-order valence-electron chi connectivity index (χ0n) is 16.2. The number of thiazole rings is 1. The second-order valence-corrected chi connectivity index (χ2v) is 7.07. The summed E-state index contributed by atoms with van der Waals surface area (Å²) in [6, 6.07) is 9.77. The van der Waals surface area contributed by atoms with Gasteiger partial charge >= 0.3 is 6.18 Å². The Bertz CT molecular complexity index is 939. The first kappa shape index (κ1) is 24.1. The maximum absolute atomic E-state index is 12.6. The normalized spacial score (nSPS) is 11.8. The van der Waals surface area contributed by atoms with Gasteiger partial charge in [-0.15, -0.1) is 35.3 Å². The first-order valence-corrected chi connectivity index (χ1v) is 9.96. The molecule has 2 N–H and O–H groups in total. The van der Waals surface area contributed by atoms with Crippen molar-refractivity contribution in [3.63, 3.8) is 0 Å². The second kappa shape index (κ2) is 11.3. The number of para-hydroxylation sites is 1. The molecule has 0 aliphatic rings. The first-order valence-electron chi connectivity index (χ1n) is 9.08. The smallest absolute Gasteiger partial charge is 0.357 e. The summed E-state index contributed by atoms with van der Waals surface area (Å²) >= 11 is 1.01. The van der Waals surface area contributed by atoms with Crippen LogP contribution in [0.4, 0.5) is 13.2 Å². The first-order chi connectivity index (χ1) is 14.0. The zero-order chi connectivity index (χ0) is 20.7. The van der Waals surface area contributed by atoms with Crippen molar-refractivity contribution in [2.75, 3.05) is 13.1 Å². The van der Waals surface area contributed by atoms with Crippen molar-refractivity contribution in [2.45, 2.75) is 26.1 Å². The molecule has 0 aliphatic heterocycles. The van der Waals surface area contributed by atoms with Crippen molar-refractivity contribution in [1.29, 1.82) is 0 Å². The van der Waals surface area contributed by atoms with Crippen LogP contribution in [0.1, 0.15) is 23.2 Å². The molecule has 3 aromatic rings. The second-order valence-electron chi connectivity index (χ2n) is 6.12. The van der Waals surface area contributed by atoms with Crippen LogP contribution >= 0.6 is 35.3 Å². The molecule has 0 spiro atoms. The Morgan fingerprint density at radius 3 is 2.63 bits per heavy atom. The van der Waals surface area contributed by atoms with Gasteiger partial charge in [0.2, 0.25) is 0 Å². The average Bonchev–Trinajstić information content (AvgIpc) is 3.36. The molecule has 30 heavy (non-hydrogen) atoms. The van der Waals surface area contributed by atoms with Crippen LogP contribution in [0.15, 0.2) is 53.1 Å². The number of guanidine groups is 1. The summed E-state index contributed by atoms with van der Waals surface area (Å²) in [5.74, 6) is 0.590. The summed E-state index contributed by atoms with van der Waals surface area (Å²) in [6.45, 7) is 3.48. The van der Waals surface area contributed by atoms with Gasteiger partial charge in [-0.3, -0.25) is 0 Å². The molecule has 0 saturated carbocycles. The van der Waals surface area contributed by atoms with E-state index in [2.05, 4.69) is 25.7 Å². The van der Waals surface area contributed by atoms with E-state index < -0.39 is 11.9 Å². The molecule has 2 heterocycles. The molecule has 0 saturated heterocycles. The van der Waals surface area contributed by atoms with Crippen LogP contribution in [-0.4, -0.2) is 33.8 Å². The van der Waals surface area contributed by atoms with Gasteiger partial charge < -0.3 is 10.6 Å². The Hall–Kier alpha value is -2.15. The van der Waals surface area contributed by atoms with Crippen LogP contribution in [-0.2, 0) is 19.1 Å². The van der Waals surface area contributed by atoms with Gasteiger partial charge in [0.1, 0.15) is 0 Å². The molecule has 0 unspecified atom stereocenters. The molecule has 0 amide bonds. The summed E-state index contributed by atoms with van der Waals surface area (Å²) in [5.41, 5.74) is 1.07. The van der Waals surface area contributed by atoms with E-state index >= 15 is 0 Å². The minimum absolute atomic E-state index is 0. The third kappa shape index (κ3) is 6.97. The highest BCUT2D eigenvalue weighted by molar-refractivity contribution is 14.0. The SMILES string of the molecule is CCNC(=NCc1cnn(-c2ccccc2)c1)NCCc1nc(C(F)(F)F)cs1.I. The van der Waals surface area contributed by atoms with E-state index in [4.69, 9.17) is 0 Å². The molecule has 0 aliphatic carbocycles. The van der Waals surface area contributed by atoms with Gasteiger partial charge in [-0.05, 0) is 19.1 Å². The van der Waals surface area contributed by atoms with Crippen LogP contribution in [0.3, 0.4) is 0 Å². The van der Waals surface area contributed by atoms with Crippen molar-refractivity contribution in [3.8, 4) is 5.69 Å². The van der Waals surface area contributed by atoms with Crippen molar-refractivity contribution < 1.29 is 13.2 Å². The number of benzene rings is 1. The molecule has 0 bridgehead atoms. The molecule has 0 radical (unpaired) electrons. The Labute approximate surface area is 193 Å². The molecular weight excluding hydrogens is 528 g/mol. The molecule has 6 nitrogen and oxygen atoms in total. The molecule has 1 aromatic carbocycles. The number of alkyl halides is 3. The van der Waals surface area contributed by atoms with Crippen molar-refractivity contribution >= 4 is 41.3 Å². The van der Waals surface area contributed by atoms with E-state index in [1.807, 2.05) is 43.5 Å². The molecule has 3 rings (SSSR count). The highest BCUT2D eigenvalue weighted by atomic mass is 127. The standard InChI is InChI=1S/C19H21F3N6S.HI/c1-2-23-18(24-9-8-17-27-16(13-29-17)19(20,21)22)25-10-14-11-26-28(12-14)15-6-4-3-5-7-15;/h3-7,11-13H,2,8-10H2,1H3,(H2,23,24,25);1H. The largest absolute Gasteiger partial charge is 0.434 e. The van der Waals surface area contributed by atoms with E-state index in [1.54, 1.807) is 10.9 Å². The molecule has 11 heteroatoms. The highest BCUT2D eigenvalue weighted by Gasteiger charge is 2.33. The minimum Gasteiger partial charge on any atom is -0.357 e. The third-order valence-electron chi connectivity index (χ3n) is 3.89. The molecular formula is C19H22F3IN6S. The van der Waals surface area contributed by atoms with E-state index in [0.29, 0.717) is 37.0 Å². The van der Waals surface area contributed by atoms with E-state index in [9.17, 15) is 13.2 Å². The quantitative estimate of drug-likeness (QED) is 0.262. The van der Waals surface area contributed by atoms with Crippen LogP contribution in [0.5, 0.6) is 0 Å². The lowest BCUT2D eigenvalue weighted by Crippen LogP contribution is -2.38. The number of halogens is 4. The van der Waals surface area contributed by atoms with Crippen molar-refractivity contribution in [1.82, 2.24) is 25.4 Å². The van der Waals surface area contributed by atoms with Crippen molar-refractivity contribution in [3.05, 3.63) is 64.4 Å². The van der Waals surface area contributed by atoms with Gasteiger partial charge in [-0.1, -0.05) is 18.2 Å². The lowest BCUT2D eigenvalue weighted by Gasteiger charge is -2.10. The number of rotatable bonds is 7. The van der Waals surface area contributed by atoms with Crippen molar-refractivity contribution in [2.24, 2.45) is 4.99 Å². The summed E-state index contributed by atoms with van der Waals surface area (Å²) in [7, 11) is 0. The lowest BCUT2D eigenvalue weighted by molar-refractivity contribution is -0.140. The average molecular weight is 550 g/mol. The molecule has 0 fully saturated rings. The fourth-order valence-corrected chi connectivity index (χ4v) is 3.32. The molecule has 162 valence electrons.